The van der Waals surface area contributed by atoms with Gasteiger partial charge in [0.1, 0.15) is 5.82 Å². The van der Waals surface area contributed by atoms with Gasteiger partial charge in [-0.05, 0) is 36.8 Å². The number of hydrogen-bond donors (Lipinski definition) is 2. The molecule has 0 saturated carbocycles. The molecule has 20 heavy (non-hydrogen) atoms. The highest BCUT2D eigenvalue weighted by atomic mass is 16.1. The van der Waals surface area contributed by atoms with Crippen molar-refractivity contribution >= 4 is 11.7 Å². The van der Waals surface area contributed by atoms with E-state index in [0.717, 1.165) is 6.54 Å². The lowest BCUT2D eigenvalue weighted by atomic mass is 9.85. The van der Waals surface area contributed by atoms with E-state index < -0.39 is 0 Å². The zero-order valence-electron chi connectivity index (χ0n) is 13.2. The first-order valence-electron chi connectivity index (χ1n) is 7.44. The molecule has 1 aromatic heterocycles. The van der Waals surface area contributed by atoms with Gasteiger partial charge < -0.3 is 10.6 Å². The fraction of sp³-hybridized carbons (Fsp3) is 0.625. The van der Waals surface area contributed by atoms with Gasteiger partial charge in [0.2, 0.25) is 0 Å². The molecule has 1 aromatic rings. The average Bonchev–Trinajstić information content (AvgIpc) is 2.39. The van der Waals surface area contributed by atoms with E-state index in [1.54, 1.807) is 18.3 Å². The van der Waals surface area contributed by atoms with E-state index in [-0.39, 0.29) is 5.91 Å². The summed E-state index contributed by atoms with van der Waals surface area (Å²) in [7, 11) is 0. The van der Waals surface area contributed by atoms with Crippen LogP contribution in [0.2, 0.25) is 0 Å². The van der Waals surface area contributed by atoms with Crippen LogP contribution in [0.15, 0.2) is 18.3 Å². The fourth-order valence-corrected chi connectivity index (χ4v) is 2.44. The van der Waals surface area contributed by atoms with E-state index in [0.29, 0.717) is 35.7 Å². The van der Waals surface area contributed by atoms with Gasteiger partial charge in [0.25, 0.3) is 5.91 Å². The van der Waals surface area contributed by atoms with E-state index in [1.165, 1.54) is 0 Å². The lowest BCUT2D eigenvalue weighted by molar-refractivity contribution is 0.0937. The standard InChI is InChI=1S/C16H27N3O/c1-6-17-15-13(8-7-9-18-15)16(20)19-10-14(11(2)3)12(4)5/h7-9,11-12,14H,6,10H2,1-5H3,(H,17,18)(H,19,20). The topological polar surface area (TPSA) is 54.0 Å². The Morgan fingerprint density at radius 2 is 1.90 bits per heavy atom. The highest BCUT2D eigenvalue weighted by Crippen LogP contribution is 2.20. The molecule has 4 heteroatoms. The van der Waals surface area contributed by atoms with Gasteiger partial charge in [-0.3, -0.25) is 4.79 Å². The quantitative estimate of drug-likeness (QED) is 0.805. The molecule has 0 bridgehead atoms. The summed E-state index contributed by atoms with van der Waals surface area (Å²) in [5, 5.41) is 6.16. The van der Waals surface area contributed by atoms with E-state index in [1.807, 2.05) is 6.92 Å². The van der Waals surface area contributed by atoms with Crippen LogP contribution in [0.4, 0.5) is 5.82 Å². The summed E-state index contributed by atoms with van der Waals surface area (Å²) in [6.07, 6.45) is 1.69. The van der Waals surface area contributed by atoms with Crippen molar-refractivity contribution in [2.45, 2.75) is 34.6 Å². The van der Waals surface area contributed by atoms with Crippen LogP contribution in [0.25, 0.3) is 0 Å². The molecule has 0 unspecified atom stereocenters. The second-order valence-electron chi connectivity index (χ2n) is 5.79. The van der Waals surface area contributed by atoms with Crippen LogP contribution >= 0.6 is 0 Å². The number of amides is 1. The number of anilines is 1. The van der Waals surface area contributed by atoms with Crippen molar-refractivity contribution in [3.8, 4) is 0 Å². The molecule has 0 aliphatic carbocycles. The van der Waals surface area contributed by atoms with E-state index in [4.69, 9.17) is 0 Å². The number of nitrogens with zero attached hydrogens (tertiary/aromatic N) is 1. The molecule has 0 fully saturated rings. The first-order chi connectivity index (χ1) is 9.47. The lowest BCUT2D eigenvalue weighted by Crippen LogP contribution is -2.34. The molecule has 0 spiro atoms. The maximum absolute atomic E-state index is 12.3. The van der Waals surface area contributed by atoms with Crippen molar-refractivity contribution in [3.05, 3.63) is 23.9 Å². The Hall–Kier alpha value is -1.58. The smallest absolute Gasteiger partial charge is 0.255 e. The normalized spacial score (nSPS) is 11.2. The monoisotopic (exact) mass is 277 g/mol. The van der Waals surface area contributed by atoms with Gasteiger partial charge in [-0.1, -0.05) is 27.7 Å². The summed E-state index contributed by atoms with van der Waals surface area (Å²) in [5.41, 5.74) is 0.612. The molecule has 0 aromatic carbocycles. The molecule has 1 rings (SSSR count). The first kappa shape index (κ1) is 16.5. The molecular formula is C16H27N3O. The maximum Gasteiger partial charge on any atom is 0.255 e. The summed E-state index contributed by atoms with van der Waals surface area (Å²) in [5.74, 6) is 2.19. The van der Waals surface area contributed by atoms with Gasteiger partial charge in [-0.2, -0.15) is 0 Å². The molecule has 1 amide bonds. The predicted octanol–water partition coefficient (Wildman–Crippen LogP) is 3.17. The van der Waals surface area contributed by atoms with Crippen LogP contribution in [0.5, 0.6) is 0 Å². The summed E-state index contributed by atoms with van der Waals surface area (Å²) < 4.78 is 0. The number of nitrogens with one attached hydrogen (secondary N) is 2. The molecule has 0 atom stereocenters. The van der Waals surface area contributed by atoms with Crippen LogP contribution in [-0.2, 0) is 0 Å². The second-order valence-corrected chi connectivity index (χ2v) is 5.79. The third kappa shape index (κ3) is 4.51. The average molecular weight is 277 g/mol. The summed E-state index contributed by atoms with van der Waals surface area (Å²) in [6, 6.07) is 3.60. The Bertz CT molecular complexity index is 421. The Morgan fingerprint density at radius 1 is 1.25 bits per heavy atom. The molecule has 112 valence electrons. The largest absolute Gasteiger partial charge is 0.370 e. The third-order valence-electron chi connectivity index (χ3n) is 3.61. The van der Waals surface area contributed by atoms with E-state index >= 15 is 0 Å². The zero-order valence-corrected chi connectivity index (χ0v) is 13.2. The lowest BCUT2D eigenvalue weighted by Gasteiger charge is -2.25. The molecule has 2 N–H and O–H groups in total. The minimum Gasteiger partial charge on any atom is -0.370 e. The fourth-order valence-electron chi connectivity index (χ4n) is 2.44. The molecular weight excluding hydrogens is 250 g/mol. The van der Waals surface area contributed by atoms with E-state index in [9.17, 15) is 4.79 Å². The molecule has 0 saturated heterocycles. The van der Waals surface area contributed by atoms with Gasteiger partial charge in [-0.15, -0.1) is 0 Å². The number of hydrogen-bond acceptors (Lipinski definition) is 3. The Balaban J connectivity index is 2.71. The van der Waals surface area contributed by atoms with Crippen LogP contribution < -0.4 is 10.6 Å². The van der Waals surface area contributed by atoms with Gasteiger partial charge in [-0.25, -0.2) is 4.98 Å². The van der Waals surface area contributed by atoms with Crippen molar-refractivity contribution in [1.82, 2.24) is 10.3 Å². The van der Waals surface area contributed by atoms with Crippen LogP contribution in [-0.4, -0.2) is 24.0 Å². The maximum atomic E-state index is 12.3. The van der Waals surface area contributed by atoms with E-state index in [2.05, 4.69) is 43.3 Å². The zero-order chi connectivity index (χ0) is 15.1. The van der Waals surface area contributed by atoms with Crippen molar-refractivity contribution in [2.75, 3.05) is 18.4 Å². The van der Waals surface area contributed by atoms with Crippen molar-refractivity contribution in [3.63, 3.8) is 0 Å². The molecule has 1 heterocycles. The minimum atomic E-state index is -0.0552. The number of pyridine rings is 1. The molecule has 4 nitrogen and oxygen atoms in total. The highest BCUT2D eigenvalue weighted by Gasteiger charge is 2.19. The van der Waals surface area contributed by atoms with Gasteiger partial charge >= 0.3 is 0 Å². The Labute approximate surface area is 122 Å². The highest BCUT2D eigenvalue weighted by molar-refractivity contribution is 5.98. The van der Waals surface area contributed by atoms with Crippen LogP contribution in [0.3, 0.4) is 0 Å². The molecule has 0 radical (unpaired) electrons. The summed E-state index contributed by atoms with van der Waals surface area (Å²) in [4.78, 5) is 16.5. The molecule has 0 aliphatic heterocycles. The second kappa shape index (κ2) is 7.88. The Kier molecular flexibility index (Phi) is 6.49. The SMILES string of the molecule is CCNc1ncccc1C(=O)NCC(C(C)C)C(C)C. The van der Waals surface area contributed by atoms with Gasteiger partial charge in [0.15, 0.2) is 0 Å². The van der Waals surface area contributed by atoms with Crippen molar-refractivity contribution in [1.29, 1.82) is 0 Å². The van der Waals surface area contributed by atoms with Gasteiger partial charge in [0.05, 0.1) is 5.56 Å². The van der Waals surface area contributed by atoms with Gasteiger partial charge in [0, 0.05) is 19.3 Å². The number of rotatable bonds is 7. The number of carbonyl (C=O) groups is 1. The third-order valence-corrected chi connectivity index (χ3v) is 3.61. The van der Waals surface area contributed by atoms with Crippen LogP contribution in [0, 0.1) is 17.8 Å². The predicted molar refractivity (Wildman–Crippen MR) is 83.9 cm³/mol. The first-order valence-corrected chi connectivity index (χ1v) is 7.44. The molecule has 0 aliphatic rings. The van der Waals surface area contributed by atoms with Crippen molar-refractivity contribution in [2.24, 2.45) is 17.8 Å². The van der Waals surface area contributed by atoms with Crippen LogP contribution in [0.1, 0.15) is 45.0 Å². The Morgan fingerprint density at radius 3 is 2.45 bits per heavy atom. The number of aromatic nitrogens is 1. The number of carbonyl (C=O) groups excluding carboxylic acids is 1. The summed E-state index contributed by atoms with van der Waals surface area (Å²) in [6.45, 7) is 12.2. The minimum absolute atomic E-state index is 0.0552. The van der Waals surface area contributed by atoms with Crippen molar-refractivity contribution < 1.29 is 4.79 Å². The summed E-state index contributed by atoms with van der Waals surface area (Å²) >= 11 is 0.